The molecule has 5 nitrogen and oxygen atoms in total. The van der Waals surface area contributed by atoms with E-state index in [4.69, 9.17) is 9.84 Å². The molecule has 1 N–H and O–H groups in total. The molecule has 1 aromatic carbocycles. The lowest BCUT2D eigenvalue weighted by atomic mass is 9.90. The van der Waals surface area contributed by atoms with Gasteiger partial charge in [-0.15, -0.1) is 0 Å². The maximum absolute atomic E-state index is 13.8. The van der Waals surface area contributed by atoms with Gasteiger partial charge in [0.25, 0.3) is 0 Å². The van der Waals surface area contributed by atoms with Crippen molar-refractivity contribution < 1.29 is 23.4 Å². The fraction of sp³-hybridized carbons (Fsp3) is 0.294. The number of nitrogens with zero attached hydrogens (tertiary/aromatic N) is 2. The van der Waals surface area contributed by atoms with Crippen molar-refractivity contribution in [2.45, 2.75) is 18.8 Å². The van der Waals surface area contributed by atoms with Crippen molar-refractivity contribution in [3.05, 3.63) is 53.7 Å². The van der Waals surface area contributed by atoms with E-state index in [0.29, 0.717) is 25.9 Å². The maximum Gasteiger partial charge on any atom is 0.407 e. The summed E-state index contributed by atoms with van der Waals surface area (Å²) in [4.78, 5) is 16.5. The summed E-state index contributed by atoms with van der Waals surface area (Å²) in [5.74, 6) is -1.24. The lowest BCUT2D eigenvalue weighted by molar-refractivity contribution is 0.132. The highest BCUT2D eigenvalue weighted by atomic mass is 19.1. The van der Waals surface area contributed by atoms with Gasteiger partial charge in [-0.3, -0.25) is 0 Å². The molecule has 1 fully saturated rings. The molecule has 1 aliphatic heterocycles. The molecular weight excluding hydrogens is 318 g/mol. The number of benzene rings is 1. The SMILES string of the molecule is O=C(O)N1CCC(c2cccnc2Oc2ccc(F)cc2F)CC1. The quantitative estimate of drug-likeness (QED) is 0.921. The second kappa shape index (κ2) is 6.82. The minimum atomic E-state index is -0.926. The Morgan fingerprint density at radius 1 is 1.25 bits per heavy atom. The van der Waals surface area contributed by atoms with Crippen LogP contribution >= 0.6 is 0 Å². The Kier molecular flexibility index (Phi) is 4.59. The van der Waals surface area contributed by atoms with Crippen LogP contribution in [0, 0.1) is 11.6 Å². The van der Waals surface area contributed by atoms with Gasteiger partial charge in [-0.25, -0.2) is 18.6 Å². The topological polar surface area (TPSA) is 62.7 Å². The summed E-state index contributed by atoms with van der Waals surface area (Å²) < 4.78 is 32.3. The van der Waals surface area contributed by atoms with E-state index in [2.05, 4.69) is 4.98 Å². The summed E-state index contributed by atoms with van der Waals surface area (Å²) in [6.07, 6.45) is 1.89. The molecule has 1 amide bonds. The number of pyridine rings is 1. The second-order valence-electron chi connectivity index (χ2n) is 5.62. The molecule has 0 saturated carbocycles. The van der Waals surface area contributed by atoms with Crippen molar-refractivity contribution in [3.8, 4) is 11.6 Å². The lowest BCUT2D eigenvalue weighted by Crippen LogP contribution is -2.36. The van der Waals surface area contributed by atoms with Gasteiger partial charge < -0.3 is 14.7 Å². The van der Waals surface area contributed by atoms with E-state index in [9.17, 15) is 13.6 Å². The molecule has 0 bridgehead atoms. The van der Waals surface area contributed by atoms with E-state index >= 15 is 0 Å². The number of piperidine rings is 1. The molecule has 0 unspecified atom stereocenters. The molecule has 0 aliphatic carbocycles. The Hall–Kier alpha value is -2.70. The van der Waals surface area contributed by atoms with Crippen molar-refractivity contribution in [3.63, 3.8) is 0 Å². The number of carbonyl (C=O) groups is 1. The second-order valence-corrected chi connectivity index (χ2v) is 5.62. The van der Waals surface area contributed by atoms with Crippen LogP contribution in [0.1, 0.15) is 24.3 Å². The van der Waals surface area contributed by atoms with Crippen LogP contribution in [0.3, 0.4) is 0 Å². The van der Waals surface area contributed by atoms with Crippen LogP contribution in [0.25, 0.3) is 0 Å². The number of rotatable bonds is 3. The van der Waals surface area contributed by atoms with E-state index < -0.39 is 17.7 Å². The third kappa shape index (κ3) is 3.45. The minimum absolute atomic E-state index is 0.0767. The highest BCUT2D eigenvalue weighted by Crippen LogP contribution is 2.35. The normalized spacial score (nSPS) is 15.3. The average Bonchev–Trinajstić information content (AvgIpc) is 2.58. The van der Waals surface area contributed by atoms with Gasteiger partial charge in [-0.2, -0.15) is 0 Å². The number of carboxylic acid groups (broad SMARTS) is 1. The molecular formula is C17H16F2N2O3. The van der Waals surface area contributed by atoms with E-state index in [1.54, 1.807) is 6.07 Å². The highest BCUT2D eigenvalue weighted by Gasteiger charge is 2.26. The van der Waals surface area contributed by atoms with Crippen LogP contribution in [-0.2, 0) is 0 Å². The molecule has 24 heavy (non-hydrogen) atoms. The first-order valence-electron chi connectivity index (χ1n) is 7.60. The Morgan fingerprint density at radius 3 is 2.67 bits per heavy atom. The average molecular weight is 334 g/mol. The van der Waals surface area contributed by atoms with E-state index in [-0.39, 0.29) is 17.5 Å². The molecule has 0 spiro atoms. The predicted molar refractivity (Wildman–Crippen MR) is 82.2 cm³/mol. The number of hydrogen-bond donors (Lipinski definition) is 1. The van der Waals surface area contributed by atoms with Gasteiger partial charge in [0.1, 0.15) is 5.82 Å². The Morgan fingerprint density at radius 2 is 2.00 bits per heavy atom. The largest absolute Gasteiger partial charge is 0.465 e. The van der Waals surface area contributed by atoms with E-state index in [1.807, 2.05) is 6.07 Å². The van der Waals surface area contributed by atoms with Gasteiger partial charge in [-0.1, -0.05) is 6.07 Å². The summed E-state index contributed by atoms with van der Waals surface area (Å²) in [5.41, 5.74) is 0.797. The summed E-state index contributed by atoms with van der Waals surface area (Å²) in [6, 6.07) is 6.68. The van der Waals surface area contributed by atoms with Crippen molar-refractivity contribution >= 4 is 6.09 Å². The Balaban J connectivity index is 1.80. The summed E-state index contributed by atoms with van der Waals surface area (Å²) in [7, 11) is 0. The van der Waals surface area contributed by atoms with Gasteiger partial charge in [0.15, 0.2) is 11.6 Å². The fourth-order valence-corrected chi connectivity index (χ4v) is 2.84. The number of ether oxygens (including phenoxy) is 1. The van der Waals surface area contributed by atoms with Crippen molar-refractivity contribution in [2.24, 2.45) is 0 Å². The highest BCUT2D eigenvalue weighted by molar-refractivity contribution is 5.65. The zero-order valence-electron chi connectivity index (χ0n) is 12.8. The fourth-order valence-electron chi connectivity index (χ4n) is 2.84. The molecule has 0 atom stereocenters. The Bertz CT molecular complexity index is 746. The molecule has 3 rings (SSSR count). The lowest BCUT2D eigenvalue weighted by Gasteiger charge is -2.30. The van der Waals surface area contributed by atoms with Gasteiger partial charge in [0, 0.05) is 30.9 Å². The number of aromatic nitrogens is 1. The monoisotopic (exact) mass is 334 g/mol. The predicted octanol–water partition coefficient (Wildman–Crippen LogP) is 4.01. The summed E-state index contributed by atoms with van der Waals surface area (Å²) >= 11 is 0. The number of halogens is 2. The molecule has 1 aliphatic rings. The smallest absolute Gasteiger partial charge is 0.407 e. The number of hydrogen-bond acceptors (Lipinski definition) is 3. The van der Waals surface area contributed by atoms with Gasteiger partial charge in [0.2, 0.25) is 5.88 Å². The first-order chi connectivity index (χ1) is 11.5. The third-order valence-electron chi connectivity index (χ3n) is 4.11. The minimum Gasteiger partial charge on any atom is -0.465 e. The molecule has 2 aromatic rings. The standard InChI is InChI=1S/C17H16F2N2O3/c18-12-3-4-15(14(19)10-12)24-16-13(2-1-7-20-16)11-5-8-21(9-6-11)17(22)23/h1-4,7,10-11H,5-6,8-9H2,(H,22,23). The van der Waals surface area contributed by atoms with Crippen molar-refractivity contribution in [1.82, 2.24) is 9.88 Å². The molecule has 126 valence electrons. The third-order valence-corrected chi connectivity index (χ3v) is 4.11. The van der Waals surface area contributed by atoms with Crippen LogP contribution in [0.2, 0.25) is 0 Å². The first-order valence-corrected chi connectivity index (χ1v) is 7.60. The molecule has 0 radical (unpaired) electrons. The molecule has 1 aromatic heterocycles. The van der Waals surface area contributed by atoms with Crippen molar-refractivity contribution in [2.75, 3.05) is 13.1 Å². The van der Waals surface area contributed by atoms with Crippen molar-refractivity contribution in [1.29, 1.82) is 0 Å². The van der Waals surface area contributed by atoms with Gasteiger partial charge in [0.05, 0.1) is 0 Å². The molecule has 2 heterocycles. The Labute approximate surface area is 137 Å². The zero-order chi connectivity index (χ0) is 17.1. The summed E-state index contributed by atoms with van der Waals surface area (Å²) in [5, 5.41) is 9.01. The van der Waals surface area contributed by atoms with Crippen LogP contribution in [0.4, 0.5) is 13.6 Å². The summed E-state index contributed by atoms with van der Waals surface area (Å²) in [6.45, 7) is 0.860. The maximum atomic E-state index is 13.8. The molecule has 1 saturated heterocycles. The number of likely N-dealkylation sites (tertiary alicyclic amines) is 1. The molecule has 7 heteroatoms. The van der Waals surface area contributed by atoms with Crippen LogP contribution in [0.15, 0.2) is 36.5 Å². The number of amides is 1. The van der Waals surface area contributed by atoms with Crippen LogP contribution < -0.4 is 4.74 Å². The van der Waals surface area contributed by atoms with Gasteiger partial charge in [-0.05, 0) is 37.0 Å². The van der Waals surface area contributed by atoms with Crippen LogP contribution in [-0.4, -0.2) is 34.2 Å². The van der Waals surface area contributed by atoms with E-state index in [1.165, 1.54) is 17.2 Å². The first kappa shape index (κ1) is 16.2. The van der Waals surface area contributed by atoms with Crippen LogP contribution in [0.5, 0.6) is 11.6 Å². The van der Waals surface area contributed by atoms with E-state index in [0.717, 1.165) is 17.7 Å². The van der Waals surface area contributed by atoms with Gasteiger partial charge >= 0.3 is 6.09 Å². The zero-order valence-corrected chi connectivity index (χ0v) is 12.8.